The van der Waals surface area contributed by atoms with Gasteiger partial charge in [-0.05, 0) is 17.7 Å². The van der Waals surface area contributed by atoms with E-state index in [4.69, 9.17) is 14.2 Å². The predicted molar refractivity (Wildman–Crippen MR) is 81.5 cm³/mol. The maximum Gasteiger partial charge on any atom is 0.203 e. The largest absolute Gasteiger partial charge is 0.493 e. The molecule has 0 fully saturated rings. The lowest BCUT2D eigenvalue weighted by molar-refractivity contribution is 0.324. The van der Waals surface area contributed by atoms with Crippen molar-refractivity contribution in [1.82, 2.24) is 0 Å². The second-order valence-electron chi connectivity index (χ2n) is 4.17. The van der Waals surface area contributed by atoms with Crippen molar-refractivity contribution in [3.8, 4) is 17.2 Å². The minimum Gasteiger partial charge on any atom is -0.493 e. The van der Waals surface area contributed by atoms with Crippen LogP contribution in [0.1, 0.15) is 11.1 Å². The first-order chi connectivity index (χ1) is 9.80. The molecule has 0 atom stereocenters. The molecule has 2 aromatic carbocycles. The Hall–Kier alpha value is -2.42. The van der Waals surface area contributed by atoms with Crippen LogP contribution in [-0.2, 0) is 0 Å². The highest BCUT2D eigenvalue weighted by Gasteiger charge is 2.13. The van der Waals surface area contributed by atoms with Crippen LogP contribution in [0.5, 0.6) is 17.2 Å². The average Bonchev–Trinajstić information content (AvgIpc) is 2.52. The molecule has 0 radical (unpaired) electrons. The van der Waals surface area contributed by atoms with E-state index in [0.717, 1.165) is 11.1 Å². The van der Waals surface area contributed by atoms with Gasteiger partial charge in [0, 0.05) is 5.56 Å². The summed E-state index contributed by atoms with van der Waals surface area (Å²) < 4.78 is 16.1. The van der Waals surface area contributed by atoms with Crippen molar-refractivity contribution >= 4 is 12.2 Å². The van der Waals surface area contributed by atoms with Crippen LogP contribution in [0.25, 0.3) is 12.2 Å². The molecule has 3 heteroatoms. The van der Waals surface area contributed by atoms with Gasteiger partial charge in [0.25, 0.3) is 0 Å². The van der Waals surface area contributed by atoms with Gasteiger partial charge in [-0.25, -0.2) is 0 Å². The predicted octanol–water partition coefficient (Wildman–Crippen LogP) is 3.88. The topological polar surface area (TPSA) is 27.7 Å². The Morgan fingerprint density at radius 1 is 0.700 bits per heavy atom. The van der Waals surface area contributed by atoms with Crippen LogP contribution in [0.2, 0.25) is 0 Å². The summed E-state index contributed by atoms with van der Waals surface area (Å²) in [4.78, 5) is 0. The molecule has 0 saturated heterocycles. The van der Waals surface area contributed by atoms with E-state index in [-0.39, 0.29) is 0 Å². The molecule has 0 aliphatic carbocycles. The summed E-state index contributed by atoms with van der Waals surface area (Å²) in [7, 11) is 4.83. The molecule has 104 valence electrons. The molecule has 0 N–H and O–H groups in total. The van der Waals surface area contributed by atoms with Crippen molar-refractivity contribution in [2.75, 3.05) is 21.3 Å². The zero-order valence-corrected chi connectivity index (χ0v) is 11.9. The third-order valence-corrected chi connectivity index (χ3v) is 2.99. The van der Waals surface area contributed by atoms with Gasteiger partial charge in [-0.15, -0.1) is 0 Å². The Morgan fingerprint density at radius 3 is 2.00 bits per heavy atom. The smallest absolute Gasteiger partial charge is 0.203 e. The van der Waals surface area contributed by atoms with Crippen LogP contribution < -0.4 is 14.2 Å². The lowest BCUT2D eigenvalue weighted by Gasteiger charge is -2.13. The van der Waals surface area contributed by atoms with E-state index in [0.29, 0.717) is 17.2 Å². The fraction of sp³-hybridized carbons (Fsp3) is 0.176. The highest BCUT2D eigenvalue weighted by atomic mass is 16.5. The second kappa shape index (κ2) is 6.66. The Morgan fingerprint density at radius 2 is 1.40 bits per heavy atom. The molecule has 0 aliphatic heterocycles. The van der Waals surface area contributed by atoms with E-state index in [1.165, 1.54) is 0 Å². The fourth-order valence-electron chi connectivity index (χ4n) is 2.01. The van der Waals surface area contributed by atoms with Gasteiger partial charge in [0.15, 0.2) is 11.5 Å². The summed E-state index contributed by atoms with van der Waals surface area (Å²) in [6.45, 7) is 0. The second-order valence-corrected chi connectivity index (χ2v) is 4.17. The lowest BCUT2D eigenvalue weighted by Crippen LogP contribution is -1.96. The van der Waals surface area contributed by atoms with Gasteiger partial charge in [-0.1, -0.05) is 42.5 Å². The maximum absolute atomic E-state index is 5.44. The Bertz CT molecular complexity index is 589. The Labute approximate surface area is 119 Å². The molecular weight excluding hydrogens is 252 g/mol. The molecule has 20 heavy (non-hydrogen) atoms. The Balaban J connectivity index is 2.39. The third kappa shape index (κ3) is 2.94. The van der Waals surface area contributed by atoms with Crippen molar-refractivity contribution in [3.05, 3.63) is 53.6 Å². The van der Waals surface area contributed by atoms with Crippen molar-refractivity contribution in [2.24, 2.45) is 0 Å². The third-order valence-electron chi connectivity index (χ3n) is 2.99. The summed E-state index contributed by atoms with van der Waals surface area (Å²) >= 11 is 0. The molecule has 0 aromatic heterocycles. The molecule has 3 nitrogen and oxygen atoms in total. The van der Waals surface area contributed by atoms with Gasteiger partial charge in [0.2, 0.25) is 5.75 Å². The van der Waals surface area contributed by atoms with Crippen LogP contribution in [0, 0.1) is 0 Å². The number of methoxy groups -OCH3 is 3. The van der Waals surface area contributed by atoms with E-state index >= 15 is 0 Å². The molecule has 0 heterocycles. The van der Waals surface area contributed by atoms with Crippen LogP contribution in [-0.4, -0.2) is 21.3 Å². The normalized spacial score (nSPS) is 10.6. The van der Waals surface area contributed by atoms with Crippen molar-refractivity contribution in [1.29, 1.82) is 0 Å². The monoisotopic (exact) mass is 270 g/mol. The zero-order valence-electron chi connectivity index (χ0n) is 11.9. The van der Waals surface area contributed by atoms with Gasteiger partial charge >= 0.3 is 0 Å². The molecule has 2 aromatic rings. The number of ether oxygens (including phenoxy) is 3. The molecular formula is C17H18O3. The molecule has 0 saturated carbocycles. The molecule has 0 bridgehead atoms. The highest BCUT2D eigenvalue weighted by molar-refractivity contribution is 5.75. The number of hydrogen-bond acceptors (Lipinski definition) is 3. The zero-order chi connectivity index (χ0) is 14.4. The molecule has 0 spiro atoms. The molecule has 0 aliphatic rings. The summed E-state index contributed by atoms with van der Waals surface area (Å²) in [5.74, 6) is 1.92. The van der Waals surface area contributed by atoms with Gasteiger partial charge in [-0.2, -0.15) is 0 Å². The fourth-order valence-corrected chi connectivity index (χ4v) is 2.01. The van der Waals surface area contributed by atoms with Crippen LogP contribution in [0.3, 0.4) is 0 Å². The van der Waals surface area contributed by atoms with Gasteiger partial charge in [0.05, 0.1) is 21.3 Å². The van der Waals surface area contributed by atoms with E-state index in [2.05, 4.69) is 0 Å². The molecule has 0 unspecified atom stereocenters. The number of hydrogen-bond donors (Lipinski definition) is 0. The van der Waals surface area contributed by atoms with Crippen LogP contribution >= 0.6 is 0 Å². The first-order valence-corrected chi connectivity index (χ1v) is 6.32. The molecule has 0 amide bonds. The summed E-state index contributed by atoms with van der Waals surface area (Å²) in [6.07, 6.45) is 4.03. The van der Waals surface area contributed by atoms with Crippen molar-refractivity contribution in [3.63, 3.8) is 0 Å². The number of rotatable bonds is 5. The summed E-state index contributed by atoms with van der Waals surface area (Å²) in [5.41, 5.74) is 2.07. The quantitative estimate of drug-likeness (QED) is 0.772. The van der Waals surface area contributed by atoms with Crippen molar-refractivity contribution in [2.45, 2.75) is 0 Å². The number of benzene rings is 2. The van der Waals surface area contributed by atoms with E-state index in [1.807, 2.05) is 54.6 Å². The van der Waals surface area contributed by atoms with Crippen LogP contribution in [0.4, 0.5) is 0 Å². The SMILES string of the molecule is COc1ccc(/C=C\c2ccccc2)c(OC)c1OC. The first-order valence-electron chi connectivity index (χ1n) is 6.32. The van der Waals surface area contributed by atoms with Crippen molar-refractivity contribution < 1.29 is 14.2 Å². The van der Waals surface area contributed by atoms with Crippen LogP contribution in [0.15, 0.2) is 42.5 Å². The summed E-state index contributed by atoms with van der Waals surface area (Å²) in [6, 6.07) is 13.9. The standard InChI is InChI=1S/C17H18O3/c1-18-15-12-11-14(16(19-2)17(15)20-3)10-9-13-7-5-4-6-8-13/h4-12H,1-3H3/b10-9-. The lowest BCUT2D eigenvalue weighted by atomic mass is 10.1. The van der Waals surface area contributed by atoms with E-state index < -0.39 is 0 Å². The Kier molecular flexibility index (Phi) is 4.66. The highest BCUT2D eigenvalue weighted by Crippen LogP contribution is 2.40. The van der Waals surface area contributed by atoms with Gasteiger partial charge in [-0.3, -0.25) is 0 Å². The maximum atomic E-state index is 5.44. The minimum atomic E-state index is 0.602. The molecule has 2 rings (SSSR count). The summed E-state index contributed by atoms with van der Waals surface area (Å²) in [5, 5.41) is 0. The average molecular weight is 270 g/mol. The van der Waals surface area contributed by atoms with Gasteiger partial charge in [0.1, 0.15) is 0 Å². The van der Waals surface area contributed by atoms with Gasteiger partial charge < -0.3 is 14.2 Å². The van der Waals surface area contributed by atoms with E-state index in [9.17, 15) is 0 Å². The first kappa shape index (κ1) is 14.0. The minimum absolute atomic E-state index is 0.602. The van der Waals surface area contributed by atoms with E-state index in [1.54, 1.807) is 21.3 Å².